The summed E-state index contributed by atoms with van der Waals surface area (Å²) >= 11 is 0. The van der Waals surface area contributed by atoms with Gasteiger partial charge in [-0.1, -0.05) is 42.0 Å². The molecule has 0 fully saturated rings. The lowest BCUT2D eigenvalue weighted by Crippen LogP contribution is -2.31. The van der Waals surface area contributed by atoms with Crippen molar-refractivity contribution in [3.05, 3.63) is 65.0 Å². The van der Waals surface area contributed by atoms with Crippen LogP contribution in [0.2, 0.25) is 0 Å². The maximum atomic E-state index is 14.0. The highest BCUT2D eigenvalue weighted by Gasteiger charge is 2.20. The molecule has 2 aromatic rings. The van der Waals surface area contributed by atoms with Crippen molar-refractivity contribution in [1.29, 1.82) is 0 Å². The Balaban J connectivity index is 2.18. The van der Waals surface area contributed by atoms with Gasteiger partial charge in [0.1, 0.15) is 6.10 Å². The molecule has 2 unspecified atom stereocenters. The molecule has 0 aliphatic heterocycles. The van der Waals surface area contributed by atoms with Crippen LogP contribution in [0.15, 0.2) is 42.5 Å². The monoisotopic (exact) mass is 287 g/mol. The zero-order chi connectivity index (χ0) is 15.4. The Morgan fingerprint density at radius 1 is 1.05 bits per heavy atom. The van der Waals surface area contributed by atoms with Gasteiger partial charge in [0.2, 0.25) is 0 Å². The minimum absolute atomic E-state index is 0.00510. The van der Waals surface area contributed by atoms with Gasteiger partial charge in [-0.15, -0.1) is 0 Å². The minimum atomic E-state index is -0.289. The van der Waals surface area contributed by atoms with Crippen LogP contribution in [0.5, 0.6) is 5.75 Å². The van der Waals surface area contributed by atoms with E-state index in [-0.39, 0.29) is 18.0 Å². The van der Waals surface area contributed by atoms with Crippen molar-refractivity contribution in [3.63, 3.8) is 0 Å². The summed E-state index contributed by atoms with van der Waals surface area (Å²) in [5.41, 5.74) is 2.94. The van der Waals surface area contributed by atoms with Gasteiger partial charge in [-0.25, -0.2) is 4.39 Å². The number of ether oxygens (including phenoxy) is 1. The summed E-state index contributed by atoms with van der Waals surface area (Å²) < 4.78 is 19.9. The number of benzene rings is 2. The van der Waals surface area contributed by atoms with E-state index in [1.165, 1.54) is 5.56 Å². The zero-order valence-electron chi connectivity index (χ0n) is 13.0. The van der Waals surface area contributed by atoms with E-state index in [9.17, 15) is 4.39 Å². The first-order chi connectivity index (χ1) is 10.0. The first kappa shape index (κ1) is 15.5. The summed E-state index contributed by atoms with van der Waals surface area (Å²) in [5, 5.41) is 3.24. The molecule has 3 heteroatoms. The van der Waals surface area contributed by atoms with E-state index in [0.717, 1.165) is 5.56 Å². The lowest BCUT2D eigenvalue weighted by atomic mass is 10.0. The molecule has 0 aliphatic rings. The van der Waals surface area contributed by atoms with Crippen LogP contribution in [0, 0.1) is 19.7 Å². The summed E-state index contributed by atoms with van der Waals surface area (Å²) in [4.78, 5) is 0. The Morgan fingerprint density at radius 3 is 2.33 bits per heavy atom. The predicted octanol–water partition coefficient (Wildman–Crippen LogP) is 4.17. The Morgan fingerprint density at radius 2 is 1.71 bits per heavy atom. The van der Waals surface area contributed by atoms with E-state index in [1.807, 2.05) is 14.0 Å². The third kappa shape index (κ3) is 3.61. The highest BCUT2D eigenvalue weighted by atomic mass is 19.1. The van der Waals surface area contributed by atoms with Crippen LogP contribution in [0.3, 0.4) is 0 Å². The molecule has 0 heterocycles. The number of halogens is 1. The summed E-state index contributed by atoms with van der Waals surface area (Å²) in [6.07, 6.45) is -0.186. The van der Waals surface area contributed by atoms with Gasteiger partial charge in [0.15, 0.2) is 11.6 Å². The average Bonchev–Trinajstić information content (AvgIpc) is 2.47. The second-order valence-corrected chi connectivity index (χ2v) is 5.39. The summed E-state index contributed by atoms with van der Waals surface area (Å²) in [7, 11) is 1.89. The Bertz CT molecular complexity index is 595. The molecule has 0 saturated carbocycles. The molecule has 2 rings (SSSR count). The molecule has 0 saturated heterocycles. The zero-order valence-corrected chi connectivity index (χ0v) is 13.0. The smallest absolute Gasteiger partial charge is 0.167 e. The van der Waals surface area contributed by atoms with E-state index >= 15 is 0 Å². The maximum Gasteiger partial charge on any atom is 0.167 e. The van der Waals surface area contributed by atoms with Crippen LogP contribution in [0.4, 0.5) is 4.39 Å². The molecule has 2 aromatic carbocycles. The molecule has 0 aliphatic carbocycles. The van der Waals surface area contributed by atoms with Gasteiger partial charge in [0, 0.05) is 0 Å². The van der Waals surface area contributed by atoms with Crippen molar-refractivity contribution in [2.75, 3.05) is 7.05 Å². The van der Waals surface area contributed by atoms with Crippen molar-refractivity contribution in [2.24, 2.45) is 0 Å². The Labute approximate surface area is 126 Å². The molecule has 2 nitrogen and oxygen atoms in total. The fourth-order valence-electron chi connectivity index (χ4n) is 2.43. The SMILES string of the molecule is CNC(c1ccc(C)cc1)C(C)Oc1cccc(C)c1F. The Kier molecular flexibility index (Phi) is 4.97. The van der Waals surface area contributed by atoms with Gasteiger partial charge in [-0.05, 0) is 45.0 Å². The summed E-state index contributed by atoms with van der Waals surface area (Å²) in [6.45, 7) is 5.74. The largest absolute Gasteiger partial charge is 0.486 e. The number of nitrogens with one attached hydrogen (secondary N) is 1. The molecule has 0 aromatic heterocycles. The van der Waals surface area contributed by atoms with E-state index in [4.69, 9.17) is 4.74 Å². The van der Waals surface area contributed by atoms with Gasteiger partial charge in [-0.2, -0.15) is 0 Å². The van der Waals surface area contributed by atoms with E-state index in [0.29, 0.717) is 11.3 Å². The lowest BCUT2D eigenvalue weighted by Gasteiger charge is -2.25. The lowest BCUT2D eigenvalue weighted by molar-refractivity contribution is 0.168. The first-order valence-corrected chi connectivity index (χ1v) is 7.18. The van der Waals surface area contributed by atoms with Gasteiger partial charge >= 0.3 is 0 Å². The standard InChI is InChI=1S/C18H22FNO/c1-12-8-10-15(11-9-12)18(20-4)14(3)21-16-7-5-6-13(2)17(16)19/h5-11,14,18,20H,1-4H3. The third-order valence-electron chi connectivity index (χ3n) is 3.69. The molecule has 0 radical (unpaired) electrons. The maximum absolute atomic E-state index is 14.0. The third-order valence-corrected chi connectivity index (χ3v) is 3.69. The molecule has 0 bridgehead atoms. The molecular formula is C18H22FNO. The molecule has 0 spiro atoms. The summed E-state index contributed by atoms with van der Waals surface area (Å²) in [6, 6.07) is 13.5. The topological polar surface area (TPSA) is 21.3 Å². The van der Waals surface area contributed by atoms with Crippen LogP contribution in [-0.2, 0) is 0 Å². The summed E-state index contributed by atoms with van der Waals surface area (Å²) in [5.74, 6) is 0.0120. The molecule has 112 valence electrons. The van der Waals surface area contributed by atoms with Crippen LogP contribution in [-0.4, -0.2) is 13.2 Å². The quantitative estimate of drug-likeness (QED) is 0.891. The average molecular weight is 287 g/mol. The second kappa shape index (κ2) is 6.72. The number of hydrogen-bond donors (Lipinski definition) is 1. The number of rotatable bonds is 5. The number of aryl methyl sites for hydroxylation is 2. The predicted molar refractivity (Wildman–Crippen MR) is 84.2 cm³/mol. The number of hydrogen-bond acceptors (Lipinski definition) is 2. The normalized spacial score (nSPS) is 13.8. The van der Waals surface area contributed by atoms with Crippen molar-refractivity contribution in [3.8, 4) is 5.75 Å². The van der Waals surface area contributed by atoms with Gasteiger partial charge < -0.3 is 10.1 Å². The fraction of sp³-hybridized carbons (Fsp3) is 0.333. The molecule has 1 N–H and O–H groups in total. The van der Waals surface area contributed by atoms with Crippen molar-refractivity contribution in [1.82, 2.24) is 5.32 Å². The van der Waals surface area contributed by atoms with Gasteiger partial charge in [-0.3, -0.25) is 0 Å². The first-order valence-electron chi connectivity index (χ1n) is 7.18. The van der Waals surface area contributed by atoms with Crippen LogP contribution >= 0.6 is 0 Å². The Hall–Kier alpha value is -1.87. The van der Waals surface area contributed by atoms with Crippen molar-refractivity contribution < 1.29 is 9.13 Å². The van der Waals surface area contributed by atoms with Crippen LogP contribution in [0.1, 0.15) is 29.7 Å². The van der Waals surface area contributed by atoms with Gasteiger partial charge in [0.05, 0.1) is 6.04 Å². The molecule has 21 heavy (non-hydrogen) atoms. The molecule has 2 atom stereocenters. The van der Waals surface area contributed by atoms with E-state index < -0.39 is 0 Å². The van der Waals surface area contributed by atoms with Crippen molar-refractivity contribution >= 4 is 0 Å². The van der Waals surface area contributed by atoms with E-state index in [2.05, 4.69) is 36.5 Å². The number of likely N-dealkylation sites (N-methyl/N-ethyl adjacent to an activating group) is 1. The fourth-order valence-corrected chi connectivity index (χ4v) is 2.43. The van der Waals surface area contributed by atoms with Gasteiger partial charge in [0.25, 0.3) is 0 Å². The highest BCUT2D eigenvalue weighted by molar-refractivity contribution is 5.31. The highest BCUT2D eigenvalue weighted by Crippen LogP contribution is 2.25. The van der Waals surface area contributed by atoms with Crippen molar-refractivity contribution in [2.45, 2.75) is 32.9 Å². The van der Waals surface area contributed by atoms with E-state index in [1.54, 1.807) is 25.1 Å². The molecular weight excluding hydrogens is 265 g/mol. The second-order valence-electron chi connectivity index (χ2n) is 5.39. The molecule has 0 amide bonds. The minimum Gasteiger partial charge on any atom is -0.486 e. The van der Waals surface area contributed by atoms with Crippen LogP contribution < -0.4 is 10.1 Å². The van der Waals surface area contributed by atoms with Crippen LogP contribution in [0.25, 0.3) is 0 Å².